The molecule has 0 unspecified atom stereocenters. The highest BCUT2D eigenvalue weighted by Gasteiger charge is 2.08. The van der Waals surface area contributed by atoms with Crippen molar-refractivity contribution in [1.82, 2.24) is 15.6 Å². The van der Waals surface area contributed by atoms with Crippen molar-refractivity contribution in [2.45, 2.75) is 39.8 Å². The van der Waals surface area contributed by atoms with Gasteiger partial charge in [0.05, 0.1) is 13.2 Å². The molecule has 0 spiro atoms. The maximum atomic E-state index is 5.96. The number of nitrogens with one attached hydrogen (secondary N) is 2. The average Bonchev–Trinajstić information content (AvgIpc) is 2.77. The van der Waals surface area contributed by atoms with Crippen LogP contribution in [-0.2, 0) is 17.8 Å². The second kappa shape index (κ2) is 13.4. The Morgan fingerprint density at radius 3 is 2.57 bits per heavy atom. The highest BCUT2D eigenvalue weighted by molar-refractivity contribution is 5.79. The largest absolute Gasteiger partial charge is 0.493 e. The quantitative estimate of drug-likeness (QED) is 0.315. The van der Waals surface area contributed by atoms with E-state index >= 15 is 0 Å². The molecular weight excluding hydrogens is 380 g/mol. The van der Waals surface area contributed by atoms with E-state index < -0.39 is 0 Å². The summed E-state index contributed by atoms with van der Waals surface area (Å²) in [5, 5.41) is 6.68. The molecule has 0 aliphatic heterocycles. The third kappa shape index (κ3) is 7.91. The minimum absolute atomic E-state index is 0.570. The Balaban J connectivity index is 1.93. The van der Waals surface area contributed by atoms with E-state index in [0.29, 0.717) is 44.7 Å². The van der Waals surface area contributed by atoms with Gasteiger partial charge in [-0.25, -0.2) is 4.98 Å². The number of hydrogen-bond donors (Lipinski definition) is 2. The lowest BCUT2D eigenvalue weighted by Crippen LogP contribution is -2.36. The number of pyridine rings is 1. The lowest BCUT2D eigenvalue weighted by atomic mass is 10.1. The monoisotopic (exact) mass is 414 g/mol. The van der Waals surface area contributed by atoms with E-state index in [1.165, 1.54) is 5.56 Å². The third-order valence-electron chi connectivity index (χ3n) is 4.38. The minimum atomic E-state index is 0.570. The summed E-state index contributed by atoms with van der Waals surface area (Å²) in [4.78, 5) is 8.65. The summed E-state index contributed by atoms with van der Waals surface area (Å²) in [5.41, 5.74) is 3.24. The summed E-state index contributed by atoms with van der Waals surface area (Å²) in [5.74, 6) is 2.25. The molecule has 0 saturated carbocycles. The Hall–Kier alpha value is -2.80. The molecule has 0 aliphatic rings. The molecule has 30 heavy (non-hydrogen) atoms. The van der Waals surface area contributed by atoms with Gasteiger partial charge in [-0.3, -0.25) is 4.99 Å². The van der Waals surface area contributed by atoms with Gasteiger partial charge >= 0.3 is 0 Å². The molecule has 1 heterocycles. The Labute approximate surface area is 179 Å². The summed E-state index contributed by atoms with van der Waals surface area (Å²) >= 11 is 0. The average molecular weight is 415 g/mol. The predicted molar refractivity (Wildman–Crippen MR) is 120 cm³/mol. The van der Waals surface area contributed by atoms with E-state index in [1.54, 1.807) is 20.4 Å². The zero-order chi connectivity index (χ0) is 21.6. The van der Waals surface area contributed by atoms with Gasteiger partial charge in [0.25, 0.3) is 0 Å². The molecule has 7 nitrogen and oxygen atoms in total. The fourth-order valence-electron chi connectivity index (χ4n) is 2.79. The van der Waals surface area contributed by atoms with Crippen LogP contribution in [0.25, 0.3) is 0 Å². The van der Waals surface area contributed by atoms with Crippen LogP contribution in [0.4, 0.5) is 0 Å². The molecular formula is C23H34N4O3. The number of aromatic nitrogens is 1. The van der Waals surface area contributed by atoms with Gasteiger partial charge in [-0.1, -0.05) is 25.1 Å². The first-order valence-electron chi connectivity index (χ1n) is 10.4. The smallest absolute Gasteiger partial charge is 0.218 e. The number of nitrogens with zero attached hydrogens (tertiary/aromatic N) is 2. The molecule has 164 valence electrons. The van der Waals surface area contributed by atoms with E-state index in [0.717, 1.165) is 29.7 Å². The predicted octanol–water partition coefficient (Wildman–Crippen LogP) is 3.46. The lowest BCUT2D eigenvalue weighted by Gasteiger charge is -2.16. The van der Waals surface area contributed by atoms with Crippen LogP contribution in [0.5, 0.6) is 11.6 Å². The highest BCUT2D eigenvalue weighted by Crippen LogP contribution is 2.20. The van der Waals surface area contributed by atoms with Crippen molar-refractivity contribution < 1.29 is 14.2 Å². The van der Waals surface area contributed by atoms with Crippen LogP contribution < -0.4 is 20.1 Å². The summed E-state index contributed by atoms with van der Waals surface area (Å²) in [6.07, 6.45) is 3.54. The summed E-state index contributed by atoms with van der Waals surface area (Å²) in [6.45, 7) is 7.27. The maximum Gasteiger partial charge on any atom is 0.218 e. The van der Waals surface area contributed by atoms with Crippen LogP contribution >= 0.6 is 0 Å². The summed E-state index contributed by atoms with van der Waals surface area (Å²) < 4.78 is 16.8. The molecule has 0 saturated heterocycles. The number of benzene rings is 1. The second-order valence-corrected chi connectivity index (χ2v) is 6.90. The standard InChI is InChI=1S/C23H34N4O3/c1-5-12-30-22-20(8-6-11-25-22)17-27-23(24-3)26-16-19-10-9-18(2)15-21(19)29-14-7-13-28-4/h6,8-11,15H,5,7,12-14,16-17H2,1-4H3,(H2,24,26,27). The van der Waals surface area contributed by atoms with E-state index in [2.05, 4.69) is 52.7 Å². The van der Waals surface area contributed by atoms with Crippen molar-refractivity contribution in [1.29, 1.82) is 0 Å². The van der Waals surface area contributed by atoms with Gasteiger partial charge in [0, 0.05) is 57.6 Å². The number of hydrogen-bond acceptors (Lipinski definition) is 5. The molecule has 0 radical (unpaired) electrons. The van der Waals surface area contributed by atoms with Gasteiger partial charge in [-0.2, -0.15) is 0 Å². The molecule has 0 bridgehead atoms. The molecule has 2 N–H and O–H groups in total. The van der Waals surface area contributed by atoms with Crippen molar-refractivity contribution in [3.05, 3.63) is 53.2 Å². The number of ether oxygens (including phenoxy) is 3. The lowest BCUT2D eigenvalue weighted by molar-refractivity contribution is 0.171. The van der Waals surface area contributed by atoms with Gasteiger partial charge in [0.2, 0.25) is 5.88 Å². The van der Waals surface area contributed by atoms with Crippen molar-refractivity contribution in [2.75, 3.05) is 34.0 Å². The van der Waals surface area contributed by atoms with Gasteiger partial charge in [-0.15, -0.1) is 0 Å². The number of rotatable bonds is 12. The van der Waals surface area contributed by atoms with Crippen molar-refractivity contribution in [3.63, 3.8) is 0 Å². The molecule has 0 aliphatic carbocycles. The first kappa shape index (κ1) is 23.5. The van der Waals surface area contributed by atoms with Gasteiger partial charge in [0.1, 0.15) is 5.75 Å². The molecule has 0 fully saturated rings. The van der Waals surface area contributed by atoms with Crippen LogP contribution in [0, 0.1) is 6.92 Å². The fourth-order valence-corrected chi connectivity index (χ4v) is 2.79. The first-order valence-corrected chi connectivity index (χ1v) is 10.4. The molecule has 1 aromatic heterocycles. The number of guanidine groups is 1. The van der Waals surface area contributed by atoms with E-state index in [1.807, 2.05) is 12.1 Å². The minimum Gasteiger partial charge on any atom is -0.493 e. The van der Waals surface area contributed by atoms with Crippen molar-refractivity contribution in [3.8, 4) is 11.6 Å². The van der Waals surface area contributed by atoms with Crippen LogP contribution in [0.2, 0.25) is 0 Å². The Bertz CT molecular complexity index is 796. The van der Waals surface area contributed by atoms with E-state index in [-0.39, 0.29) is 0 Å². The van der Waals surface area contributed by atoms with Gasteiger partial charge in [-0.05, 0) is 31.0 Å². The number of methoxy groups -OCH3 is 1. The first-order chi connectivity index (χ1) is 14.7. The van der Waals surface area contributed by atoms with Crippen LogP contribution in [0.1, 0.15) is 36.5 Å². The van der Waals surface area contributed by atoms with Crippen LogP contribution in [0.3, 0.4) is 0 Å². The fraction of sp³-hybridized carbons (Fsp3) is 0.478. The van der Waals surface area contributed by atoms with E-state index in [4.69, 9.17) is 14.2 Å². The van der Waals surface area contributed by atoms with Crippen molar-refractivity contribution >= 4 is 5.96 Å². The number of aliphatic imine (C=N–C) groups is 1. The molecule has 0 amide bonds. The summed E-state index contributed by atoms with van der Waals surface area (Å²) in [7, 11) is 3.45. The van der Waals surface area contributed by atoms with Crippen molar-refractivity contribution in [2.24, 2.45) is 4.99 Å². The molecule has 2 rings (SSSR count). The SMILES string of the molecule is CCCOc1ncccc1CNC(=NC)NCc1ccc(C)cc1OCCCOC. The zero-order valence-electron chi connectivity index (χ0n) is 18.5. The zero-order valence-corrected chi connectivity index (χ0v) is 18.5. The number of aryl methyl sites for hydroxylation is 1. The van der Waals surface area contributed by atoms with E-state index in [9.17, 15) is 0 Å². The van der Waals surface area contributed by atoms with Gasteiger partial charge < -0.3 is 24.8 Å². The Kier molecular flexibility index (Phi) is 10.5. The second-order valence-electron chi connectivity index (χ2n) is 6.90. The van der Waals surface area contributed by atoms with Crippen LogP contribution in [-0.4, -0.2) is 44.9 Å². The maximum absolute atomic E-state index is 5.96. The topological polar surface area (TPSA) is 77.0 Å². The highest BCUT2D eigenvalue weighted by atomic mass is 16.5. The third-order valence-corrected chi connectivity index (χ3v) is 4.38. The Morgan fingerprint density at radius 2 is 1.83 bits per heavy atom. The molecule has 2 aromatic rings. The normalized spacial score (nSPS) is 11.3. The molecule has 7 heteroatoms. The van der Waals surface area contributed by atoms with Gasteiger partial charge in [0.15, 0.2) is 5.96 Å². The Morgan fingerprint density at radius 1 is 1.03 bits per heavy atom. The molecule has 0 atom stereocenters. The summed E-state index contributed by atoms with van der Waals surface area (Å²) in [6, 6.07) is 10.1. The molecule has 1 aromatic carbocycles. The van der Waals surface area contributed by atoms with Crippen LogP contribution in [0.15, 0.2) is 41.5 Å².